The first-order chi connectivity index (χ1) is 10.8. The highest BCUT2D eigenvalue weighted by atomic mass is 16.2. The number of hydrogen-bond donors (Lipinski definition) is 2. The summed E-state index contributed by atoms with van der Waals surface area (Å²) in [6.45, 7) is 0.751. The van der Waals surface area contributed by atoms with E-state index in [4.69, 9.17) is 0 Å². The van der Waals surface area contributed by atoms with Crippen molar-refractivity contribution in [1.29, 1.82) is 0 Å². The minimum Gasteiger partial charge on any atom is -0.361 e. The normalized spacial score (nSPS) is 18.7. The first-order valence-electron chi connectivity index (χ1n) is 7.57. The molecule has 1 fully saturated rings. The van der Waals surface area contributed by atoms with Gasteiger partial charge in [0.25, 0.3) is 5.91 Å². The number of likely N-dealkylation sites (tertiary alicyclic amines) is 1. The van der Waals surface area contributed by atoms with Gasteiger partial charge in [0, 0.05) is 18.1 Å². The topological polar surface area (TPSA) is 77.7 Å². The molecule has 6 heteroatoms. The Labute approximate surface area is 127 Å². The van der Waals surface area contributed by atoms with Crippen LogP contribution in [0.15, 0.2) is 36.8 Å². The summed E-state index contributed by atoms with van der Waals surface area (Å²) in [5.74, 6) is 0.820. The lowest BCUT2D eigenvalue weighted by molar-refractivity contribution is 0.0602. The summed E-state index contributed by atoms with van der Waals surface area (Å²) in [4.78, 5) is 22.4. The van der Waals surface area contributed by atoms with Gasteiger partial charge < -0.3 is 9.88 Å². The number of benzene rings is 1. The van der Waals surface area contributed by atoms with Crippen molar-refractivity contribution in [2.24, 2.45) is 0 Å². The molecule has 0 saturated carbocycles. The Hall–Kier alpha value is -2.63. The van der Waals surface area contributed by atoms with Crippen molar-refractivity contribution in [2.45, 2.75) is 25.3 Å². The summed E-state index contributed by atoms with van der Waals surface area (Å²) in [6, 6.07) is 7.78. The predicted molar refractivity (Wildman–Crippen MR) is 82.3 cm³/mol. The Morgan fingerprint density at radius 2 is 2.23 bits per heavy atom. The van der Waals surface area contributed by atoms with Crippen LogP contribution in [0.2, 0.25) is 0 Å². The van der Waals surface area contributed by atoms with Gasteiger partial charge in [0.15, 0.2) is 0 Å². The molecule has 112 valence electrons. The largest absolute Gasteiger partial charge is 0.361 e. The van der Waals surface area contributed by atoms with Crippen molar-refractivity contribution in [3.63, 3.8) is 0 Å². The van der Waals surface area contributed by atoms with Crippen molar-refractivity contribution >= 4 is 16.8 Å². The number of aromatic amines is 2. The lowest BCUT2D eigenvalue weighted by atomic mass is 9.99. The third-order valence-electron chi connectivity index (χ3n) is 4.33. The number of amides is 1. The van der Waals surface area contributed by atoms with E-state index in [1.54, 1.807) is 0 Å². The van der Waals surface area contributed by atoms with Crippen LogP contribution in [0.25, 0.3) is 10.9 Å². The van der Waals surface area contributed by atoms with E-state index in [1.165, 1.54) is 6.33 Å². The number of nitrogens with one attached hydrogen (secondary N) is 2. The summed E-state index contributed by atoms with van der Waals surface area (Å²) in [6.07, 6.45) is 6.41. The number of carbonyl (C=O) groups excluding carboxylic acids is 1. The number of H-pyrrole nitrogens is 2. The van der Waals surface area contributed by atoms with Crippen LogP contribution in [0.1, 0.15) is 41.5 Å². The van der Waals surface area contributed by atoms with Gasteiger partial charge in [0.1, 0.15) is 12.2 Å². The fourth-order valence-electron chi connectivity index (χ4n) is 3.25. The van der Waals surface area contributed by atoms with Crippen LogP contribution >= 0.6 is 0 Å². The van der Waals surface area contributed by atoms with Gasteiger partial charge in [-0.3, -0.25) is 9.89 Å². The van der Waals surface area contributed by atoms with Crippen LogP contribution in [-0.4, -0.2) is 37.5 Å². The van der Waals surface area contributed by atoms with Gasteiger partial charge in [0.05, 0.1) is 17.1 Å². The number of fused-ring (bicyclic) bond motifs is 1. The smallest absolute Gasteiger partial charge is 0.256 e. The van der Waals surface area contributed by atoms with Crippen molar-refractivity contribution in [3.05, 3.63) is 48.2 Å². The van der Waals surface area contributed by atoms with Crippen LogP contribution in [-0.2, 0) is 0 Å². The molecule has 3 heterocycles. The van der Waals surface area contributed by atoms with Crippen LogP contribution in [0.5, 0.6) is 0 Å². The standard InChI is InChI=1S/C16H17N5O/c22-16(12-5-3-4-11-7-8-17-14(11)12)21-9-2-1-6-13(21)15-18-10-19-20-15/h3-5,7-8,10,13,17H,1-2,6,9H2,(H,18,19,20)/t13-/m1/s1. The monoisotopic (exact) mass is 295 g/mol. The van der Waals surface area contributed by atoms with Crippen molar-refractivity contribution < 1.29 is 4.79 Å². The van der Waals surface area contributed by atoms with E-state index in [-0.39, 0.29) is 11.9 Å². The molecule has 2 N–H and O–H groups in total. The maximum Gasteiger partial charge on any atom is 0.256 e. The molecular weight excluding hydrogens is 278 g/mol. The van der Waals surface area contributed by atoms with Gasteiger partial charge in [-0.25, -0.2) is 4.98 Å². The maximum absolute atomic E-state index is 13.1. The molecular formula is C16H17N5O. The summed E-state index contributed by atoms with van der Waals surface area (Å²) < 4.78 is 0. The van der Waals surface area contributed by atoms with E-state index in [0.29, 0.717) is 5.56 Å². The minimum absolute atomic E-state index is 0.0195. The summed E-state index contributed by atoms with van der Waals surface area (Å²) in [7, 11) is 0. The van der Waals surface area contributed by atoms with Crippen LogP contribution in [0.4, 0.5) is 0 Å². The Morgan fingerprint density at radius 3 is 3.09 bits per heavy atom. The number of nitrogens with zero attached hydrogens (tertiary/aromatic N) is 3. The average molecular weight is 295 g/mol. The fraction of sp³-hybridized carbons (Fsp3) is 0.312. The number of rotatable bonds is 2. The molecule has 0 aliphatic carbocycles. The van der Waals surface area contributed by atoms with Crippen molar-refractivity contribution in [3.8, 4) is 0 Å². The predicted octanol–water partition coefficient (Wildman–Crippen LogP) is 2.65. The van der Waals surface area contributed by atoms with Crippen molar-refractivity contribution in [1.82, 2.24) is 25.1 Å². The van der Waals surface area contributed by atoms with E-state index in [1.807, 2.05) is 35.4 Å². The Balaban J connectivity index is 1.72. The molecule has 0 spiro atoms. The van der Waals surface area contributed by atoms with Crippen LogP contribution < -0.4 is 0 Å². The molecule has 1 aliphatic rings. The molecule has 3 aromatic rings. The van der Waals surface area contributed by atoms with Gasteiger partial charge >= 0.3 is 0 Å². The molecule has 6 nitrogen and oxygen atoms in total. The van der Waals surface area contributed by atoms with Gasteiger partial charge in [-0.15, -0.1) is 0 Å². The van der Waals surface area contributed by atoms with E-state index in [9.17, 15) is 4.79 Å². The third kappa shape index (κ3) is 2.07. The quantitative estimate of drug-likeness (QED) is 0.763. The lowest BCUT2D eigenvalue weighted by Crippen LogP contribution is -2.39. The second kappa shape index (κ2) is 5.29. The molecule has 22 heavy (non-hydrogen) atoms. The SMILES string of the molecule is O=C(c1cccc2cc[nH]c12)N1CCCC[C@@H]1c1ncn[nH]1. The van der Waals surface area contributed by atoms with Gasteiger partial charge in [-0.05, 0) is 31.4 Å². The minimum atomic E-state index is -0.0195. The van der Waals surface area contributed by atoms with E-state index >= 15 is 0 Å². The molecule has 1 amide bonds. The highest BCUT2D eigenvalue weighted by molar-refractivity contribution is 6.05. The van der Waals surface area contributed by atoms with Gasteiger partial charge in [-0.2, -0.15) is 5.10 Å². The summed E-state index contributed by atoms with van der Waals surface area (Å²) >= 11 is 0. The molecule has 0 bridgehead atoms. The maximum atomic E-state index is 13.1. The summed E-state index contributed by atoms with van der Waals surface area (Å²) in [5, 5.41) is 7.89. The zero-order valence-electron chi connectivity index (χ0n) is 12.1. The number of aromatic nitrogens is 4. The zero-order valence-corrected chi connectivity index (χ0v) is 12.1. The van der Waals surface area contributed by atoms with Gasteiger partial charge in [-0.1, -0.05) is 12.1 Å². The number of hydrogen-bond acceptors (Lipinski definition) is 3. The fourth-order valence-corrected chi connectivity index (χ4v) is 3.25. The molecule has 1 aliphatic heterocycles. The van der Waals surface area contributed by atoms with Crippen molar-refractivity contribution in [2.75, 3.05) is 6.54 Å². The van der Waals surface area contributed by atoms with Crippen LogP contribution in [0, 0.1) is 0 Å². The zero-order chi connectivity index (χ0) is 14.9. The molecule has 1 aromatic carbocycles. The molecule has 2 aromatic heterocycles. The highest BCUT2D eigenvalue weighted by Crippen LogP contribution is 2.31. The first-order valence-corrected chi connectivity index (χ1v) is 7.57. The van der Waals surface area contributed by atoms with Gasteiger partial charge in [0.2, 0.25) is 0 Å². The molecule has 1 saturated heterocycles. The molecule has 0 radical (unpaired) electrons. The second-order valence-corrected chi connectivity index (χ2v) is 5.63. The highest BCUT2D eigenvalue weighted by Gasteiger charge is 2.31. The second-order valence-electron chi connectivity index (χ2n) is 5.63. The molecule has 1 atom stereocenters. The number of para-hydroxylation sites is 1. The molecule has 0 unspecified atom stereocenters. The Morgan fingerprint density at radius 1 is 1.27 bits per heavy atom. The average Bonchev–Trinajstić information content (AvgIpc) is 3.25. The first kappa shape index (κ1) is 13.1. The number of piperidine rings is 1. The Bertz CT molecular complexity index is 792. The van der Waals surface area contributed by atoms with E-state index in [2.05, 4.69) is 20.2 Å². The third-order valence-corrected chi connectivity index (χ3v) is 4.33. The van der Waals surface area contributed by atoms with E-state index in [0.717, 1.165) is 42.5 Å². The van der Waals surface area contributed by atoms with E-state index < -0.39 is 0 Å². The Kier molecular flexibility index (Phi) is 3.14. The summed E-state index contributed by atoms with van der Waals surface area (Å²) in [5.41, 5.74) is 1.61. The molecule has 4 rings (SSSR count). The van der Waals surface area contributed by atoms with Crippen LogP contribution in [0.3, 0.4) is 0 Å². The number of carbonyl (C=O) groups is 1. The lowest BCUT2D eigenvalue weighted by Gasteiger charge is -2.34.